The van der Waals surface area contributed by atoms with E-state index in [4.69, 9.17) is 9.47 Å². The van der Waals surface area contributed by atoms with Crippen LogP contribution in [-0.4, -0.2) is 46.7 Å². The molecule has 0 saturated carbocycles. The van der Waals surface area contributed by atoms with Gasteiger partial charge in [-0.25, -0.2) is 9.78 Å². The van der Waals surface area contributed by atoms with Crippen molar-refractivity contribution in [3.05, 3.63) is 23.9 Å². The molecule has 1 N–H and O–H groups in total. The summed E-state index contributed by atoms with van der Waals surface area (Å²) in [7, 11) is 0. The largest absolute Gasteiger partial charge is 0.474 e. The molecule has 0 atom stereocenters. The number of ether oxygens (including phenoxy) is 2. The number of carbonyl (C=O) groups is 2. The van der Waals surface area contributed by atoms with Crippen molar-refractivity contribution in [1.82, 2.24) is 15.2 Å². The molecule has 1 aromatic heterocycles. The standard InChI is InChI=1S/C16H21N3O4/c1-16(2)14(20)19(15(21)18-16)10-11-3-6-17-13(9-11)23-12-4-7-22-8-5-12/h3,6,9,12H,4-5,7-8,10H2,1-2H3,(H,18,21). The number of hydrogen-bond donors (Lipinski definition) is 1. The van der Waals surface area contributed by atoms with Crippen LogP contribution in [0.25, 0.3) is 0 Å². The molecule has 2 aliphatic rings. The summed E-state index contributed by atoms with van der Waals surface area (Å²) >= 11 is 0. The SMILES string of the molecule is CC1(C)NC(=O)N(Cc2ccnc(OC3CCOCC3)c2)C1=O. The molecule has 0 radical (unpaired) electrons. The lowest BCUT2D eigenvalue weighted by Crippen LogP contribution is -2.40. The van der Waals surface area contributed by atoms with Crippen molar-refractivity contribution in [3.63, 3.8) is 0 Å². The van der Waals surface area contributed by atoms with Gasteiger partial charge in [-0.15, -0.1) is 0 Å². The summed E-state index contributed by atoms with van der Waals surface area (Å²) in [5, 5.41) is 2.67. The Morgan fingerprint density at radius 2 is 2.13 bits per heavy atom. The van der Waals surface area contributed by atoms with Gasteiger partial charge in [0.15, 0.2) is 0 Å². The maximum Gasteiger partial charge on any atom is 0.325 e. The number of hydrogen-bond acceptors (Lipinski definition) is 5. The van der Waals surface area contributed by atoms with E-state index in [0.717, 1.165) is 18.4 Å². The molecule has 0 bridgehead atoms. The molecule has 3 rings (SSSR count). The number of nitrogens with one attached hydrogen (secondary N) is 1. The van der Waals surface area contributed by atoms with Crippen molar-refractivity contribution in [2.75, 3.05) is 13.2 Å². The van der Waals surface area contributed by atoms with Crippen molar-refractivity contribution in [1.29, 1.82) is 0 Å². The molecule has 3 heterocycles. The Morgan fingerprint density at radius 3 is 2.78 bits per heavy atom. The van der Waals surface area contributed by atoms with E-state index in [1.165, 1.54) is 4.90 Å². The van der Waals surface area contributed by atoms with E-state index in [0.29, 0.717) is 19.1 Å². The van der Waals surface area contributed by atoms with Gasteiger partial charge in [0, 0.05) is 25.1 Å². The lowest BCUT2D eigenvalue weighted by Gasteiger charge is -2.23. The third-order valence-electron chi connectivity index (χ3n) is 4.04. The third-order valence-corrected chi connectivity index (χ3v) is 4.04. The van der Waals surface area contributed by atoms with Crippen molar-refractivity contribution in [2.45, 2.75) is 44.9 Å². The molecule has 2 saturated heterocycles. The van der Waals surface area contributed by atoms with Gasteiger partial charge in [0.1, 0.15) is 11.6 Å². The highest BCUT2D eigenvalue weighted by Gasteiger charge is 2.44. The fraction of sp³-hybridized carbons (Fsp3) is 0.562. The van der Waals surface area contributed by atoms with Crippen LogP contribution in [0.4, 0.5) is 4.79 Å². The van der Waals surface area contributed by atoms with Crippen LogP contribution in [0.3, 0.4) is 0 Å². The molecular formula is C16H21N3O4. The van der Waals surface area contributed by atoms with Crippen molar-refractivity contribution < 1.29 is 19.1 Å². The van der Waals surface area contributed by atoms with E-state index >= 15 is 0 Å². The minimum absolute atomic E-state index is 0.0992. The summed E-state index contributed by atoms with van der Waals surface area (Å²) < 4.78 is 11.2. The molecule has 0 unspecified atom stereocenters. The number of rotatable bonds is 4. The second-order valence-electron chi connectivity index (χ2n) is 6.38. The average molecular weight is 319 g/mol. The van der Waals surface area contributed by atoms with Crippen molar-refractivity contribution >= 4 is 11.9 Å². The van der Waals surface area contributed by atoms with Crippen LogP contribution in [0, 0.1) is 0 Å². The van der Waals surface area contributed by atoms with Gasteiger partial charge < -0.3 is 14.8 Å². The highest BCUT2D eigenvalue weighted by Crippen LogP contribution is 2.21. The summed E-state index contributed by atoms with van der Waals surface area (Å²) in [6, 6.07) is 3.19. The number of pyridine rings is 1. The Morgan fingerprint density at radius 1 is 1.39 bits per heavy atom. The number of imide groups is 1. The number of aromatic nitrogens is 1. The first-order valence-electron chi connectivity index (χ1n) is 7.79. The monoisotopic (exact) mass is 319 g/mol. The van der Waals surface area contributed by atoms with Crippen LogP contribution in [-0.2, 0) is 16.1 Å². The van der Waals surface area contributed by atoms with Gasteiger partial charge in [-0.1, -0.05) is 0 Å². The first-order chi connectivity index (χ1) is 11.0. The number of urea groups is 1. The second kappa shape index (κ2) is 6.16. The zero-order valence-electron chi connectivity index (χ0n) is 13.4. The second-order valence-corrected chi connectivity index (χ2v) is 6.38. The number of amides is 3. The Labute approximate surface area is 135 Å². The molecule has 0 aliphatic carbocycles. The number of nitrogens with zero attached hydrogens (tertiary/aromatic N) is 2. The average Bonchev–Trinajstić information content (AvgIpc) is 2.71. The van der Waals surface area contributed by atoms with Gasteiger partial charge in [-0.3, -0.25) is 9.69 Å². The Bertz CT molecular complexity index is 611. The van der Waals surface area contributed by atoms with Crippen LogP contribution in [0.5, 0.6) is 5.88 Å². The lowest BCUT2D eigenvalue weighted by atomic mass is 10.1. The molecule has 7 heteroatoms. The third kappa shape index (κ3) is 3.44. The molecule has 2 aliphatic heterocycles. The topological polar surface area (TPSA) is 80.8 Å². The Hall–Kier alpha value is -2.15. The summed E-state index contributed by atoms with van der Waals surface area (Å²) in [6.07, 6.45) is 3.41. The van der Waals surface area contributed by atoms with Gasteiger partial charge >= 0.3 is 6.03 Å². The summed E-state index contributed by atoms with van der Waals surface area (Å²) in [5.74, 6) is 0.284. The minimum Gasteiger partial charge on any atom is -0.474 e. The van der Waals surface area contributed by atoms with Gasteiger partial charge in [0.25, 0.3) is 5.91 Å². The predicted octanol–water partition coefficient (Wildman–Crippen LogP) is 1.47. The van der Waals surface area contributed by atoms with E-state index < -0.39 is 5.54 Å². The molecule has 1 aromatic rings. The zero-order valence-corrected chi connectivity index (χ0v) is 13.4. The molecule has 2 fully saturated rings. The first kappa shape index (κ1) is 15.7. The molecule has 124 valence electrons. The van der Waals surface area contributed by atoms with E-state index in [2.05, 4.69) is 10.3 Å². The zero-order chi connectivity index (χ0) is 16.4. The van der Waals surface area contributed by atoms with Crippen LogP contribution in [0.1, 0.15) is 32.3 Å². The van der Waals surface area contributed by atoms with Gasteiger partial charge in [-0.05, 0) is 25.5 Å². The van der Waals surface area contributed by atoms with Crippen molar-refractivity contribution in [2.24, 2.45) is 0 Å². The highest BCUT2D eigenvalue weighted by molar-refractivity contribution is 6.06. The Kier molecular flexibility index (Phi) is 4.21. The highest BCUT2D eigenvalue weighted by atomic mass is 16.5. The fourth-order valence-electron chi connectivity index (χ4n) is 2.72. The van der Waals surface area contributed by atoms with Crippen LogP contribution < -0.4 is 10.1 Å². The van der Waals surface area contributed by atoms with E-state index in [9.17, 15) is 9.59 Å². The molecule has 0 spiro atoms. The van der Waals surface area contributed by atoms with Gasteiger partial charge in [0.05, 0.1) is 19.8 Å². The van der Waals surface area contributed by atoms with E-state index in [-0.39, 0.29) is 24.6 Å². The fourth-order valence-corrected chi connectivity index (χ4v) is 2.72. The lowest BCUT2D eigenvalue weighted by molar-refractivity contribution is -0.130. The van der Waals surface area contributed by atoms with Gasteiger partial charge in [0.2, 0.25) is 5.88 Å². The Balaban J connectivity index is 1.68. The molecular weight excluding hydrogens is 298 g/mol. The quantitative estimate of drug-likeness (QED) is 0.850. The van der Waals surface area contributed by atoms with Crippen LogP contribution in [0.2, 0.25) is 0 Å². The molecule has 23 heavy (non-hydrogen) atoms. The summed E-state index contributed by atoms with van der Waals surface area (Å²) in [4.78, 5) is 29.6. The van der Waals surface area contributed by atoms with Crippen molar-refractivity contribution in [3.8, 4) is 5.88 Å². The maximum atomic E-state index is 12.2. The van der Waals surface area contributed by atoms with Crippen LogP contribution in [0.15, 0.2) is 18.3 Å². The molecule has 0 aromatic carbocycles. The minimum atomic E-state index is -0.856. The smallest absolute Gasteiger partial charge is 0.325 e. The van der Waals surface area contributed by atoms with E-state index in [1.54, 1.807) is 32.2 Å². The molecule has 3 amide bonds. The predicted molar refractivity (Wildman–Crippen MR) is 81.9 cm³/mol. The van der Waals surface area contributed by atoms with E-state index in [1.807, 2.05) is 0 Å². The van der Waals surface area contributed by atoms with Crippen LogP contribution >= 0.6 is 0 Å². The molecule has 7 nitrogen and oxygen atoms in total. The maximum absolute atomic E-state index is 12.2. The normalized spacial score (nSPS) is 21.4. The summed E-state index contributed by atoms with van der Waals surface area (Å²) in [6.45, 7) is 4.99. The number of carbonyl (C=O) groups excluding carboxylic acids is 2. The summed E-state index contributed by atoms with van der Waals surface area (Å²) in [5.41, 5.74) is -0.0470. The van der Waals surface area contributed by atoms with Gasteiger partial charge in [-0.2, -0.15) is 0 Å². The first-order valence-corrected chi connectivity index (χ1v) is 7.79.